The summed E-state index contributed by atoms with van der Waals surface area (Å²) >= 11 is 5.46. The van der Waals surface area contributed by atoms with Gasteiger partial charge in [0.05, 0.1) is 51.6 Å². The summed E-state index contributed by atoms with van der Waals surface area (Å²) < 4.78 is 55.5. The Kier molecular flexibility index (Phi) is 8.23. The summed E-state index contributed by atoms with van der Waals surface area (Å²) in [5, 5.41) is 13.3. The summed E-state index contributed by atoms with van der Waals surface area (Å²) in [4.78, 5) is 2.43. The van der Waals surface area contributed by atoms with Gasteiger partial charge < -0.3 is 19.0 Å². The zero-order valence-electron chi connectivity index (χ0n) is 23.9. The van der Waals surface area contributed by atoms with E-state index in [1.807, 2.05) is 6.07 Å². The Labute approximate surface area is 265 Å². The largest absolute Gasteiger partial charge is 0.492 e. The topological polar surface area (TPSA) is 68.4 Å². The molecule has 2 fully saturated rings. The molecule has 0 bridgehead atoms. The lowest BCUT2D eigenvalue weighted by Crippen LogP contribution is -2.17. The van der Waals surface area contributed by atoms with Crippen LogP contribution in [0.5, 0.6) is 5.75 Å². The van der Waals surface area contributed by atoms with E-state index < -0.39 is 11.7 Å². The number of nitrogens with zero attached hydrogens (tertiary/aromatic N) is 4. The molecular weight excluding hydrogens is 655 g/mol. The van der Waals surface area contributed by atoms with Crippen molar-refractivity contribution < 1.29 is 22.3 Å². The first kappa shape index (κ1) is 29.5. The van der Waals surface area contributed by atoms with Crippen LogP contribution in [0.4, 0.5) is 24.7 Å². The van der Waals surface area contributed by atoms with Crippen LogP contribution in [0.2, 0.25) is 0 Å². The Hall–Kier alpha value is -3.22. The minimum Gasteiger partial charge on any atom is -0.492 e. The first-order chi connectivity index (χ1) is 21.3. The molecule has 12 heteroatoms. The third-order valence-electron chi connectivity index (χ3n) is 8.06. The summed E-state index contributed by atoms with van der Waals surface area (Å²) in [5.41, 5.74) is 1.45. The van der Waals surface area contributed by atoms with Crippen LogP contribution in [0.25, 0.3) is 21.8 Å². The van der Waals surface area contributed by atoms with Crippen molar-refractivity contribution in [2.45, 2.75) is 50.2 Å². The number of benzene rings is 2. The molecule has 5 aromatic rings. The van der Waals surface area contributed by atoms with E-state index in [2.05, 4.69) is 59.1 Å². The number of anilines is 2. The number of fused-ring (bicyclic) bond motifs is 3. The number of ether oxygens (including phenoxy) is 1. The molecule has 7 rings (SSSR count). The fourth-order valence-electron chi connectivity index (χ4n) is 5.86. The quantitative estimate of drug-likeness (QED) is 0.139. The standard InChI is InChI=1S/C32H31BrF3N5O2S/c33-26-16-27-25(15-29(26)42-12-13-44-19-24-9-8-23(43-24)18-40-10-1-2-11-40)30-28(41(27)22-6-7-22)17-37-39-31(30)38-21-5-3-4-20(14-21)32(34,35)36/h3-5,8-9,14-17,22H,1-2,6-7,10-13,18-19H2,(H,38,39). The Bertz CT molecular complexity index is 1800. The summed E-state index contributed by atoms with van der Waals surface area (Å²) in [6, 6.07) is 13.6. The van der Waals surface area contributed by atoms with E-state index in [0.29, 0.717) is 29.9 Å². The third-order valence-corrected chi connectivity index (χ3v) is 9.62. The minimum absolute atomic E-state index is 0.291. The second-order valence-corrected chi connectivity index (χ2v) is 13.3. The zero-order valence-corrected chi connectivity index (χ0v) is 26.3. The number of likely N-dealkylation sites (tertiary alicyclic amines) is 1. The molecule has 1 aliphatic heterocycles. The molecule has 1 saturated carbocycles. The molecule has 0 radical (unpaired) electrons. The lowest BCUT2D eigenvalue weighted by molar-refractivity contribution is -0.137. The average molecular weight is 687 g/mol. The molecule has 4 heterocycles. The van der Waals surface area contributed by atoms with E-state index in [4.69, 9.17) is 9.15 Å². The number of alkyl halides is 3. The maximum absolute atomic E-state index is 13.4. The molecule has 3 aromatic heterocycles. The normalized spacial score (nSPS) is 15.9. The Balaban J connectivity index is 1.08. The van der Waals surface area contributed by atoms with E-state index >= 15 is 0 Å². The van der Waals surface area contributed by atoms with E-state index in [-0.39, 0.29) is 0 Å². The molecule has 0 atom stereocenters. The number of hydrogen-bond donors (Lipinski definition) is 1. The molecule has 7 nitrogen and oxygen atoms in total. The Morgan fingerprint density at radius 3 is 2.66 bits per heavy atom. The van der Waals surface area contributed by atoms with Crippen molar-refractivity contribution in [1.82, 2.24) is 19.7 Å². The molecule has 2 aliphatic rings. The molecule has 1 N–H and O–H groups in total. The number of hydrogen-bond acceptors (Lipinski definition) is 7. The summed E-state index contributed by atoms with van der Waals surface area (Å²) in [7, 11) is 0. The monoisotopic (exact) mass is 685 g/mol. The van der Waals surface area contributed by atoms with Gasteiger partial charge in [0, 0.05) is 22.9 Å². The van der Waals surface area contributed by atoms with Crippen molar-refractivity contribution in [2.75, 3.05) is 30.8 Å². The van der Waals surface area contributed by atoms with E-state index in [9.17, 15) is 13.2 Å². The van der Waals surface area contributed by atoms with Gasteiger partial charge in [-0.2, -0.15) is 30.0 Å². The van der Waals surface area contributed by atoms with Crippen molar-refractivity contribution in [2.24, 2.45) is 0 Å². The van der Waals surface area contributed by atoms with Crippen LogP contribution in [-0.2, 0) is 18.5 Å². The van der Waals surface area contributed by atoms with Crippen molar-refractivity contribution >= 4 is 61.0 Å². The summed E-state index contributed by atoms with van der Waals surface area (Å²) in [6.45, 7) is 3.67. The van der Waals surface area contributed by atoms with Crippen LogP contribution in [0, 0.1) is 0 Å². The first-order valence-electron chi connectivity index (χ1n) is 14.8. The van der Waals surface area contributed by atoms with Crippen molar-refractivity contribution in [3.63, 3.8) is 0 Å². The number of thioether (sulfide) groups is 1. The van der Waals surface area contributed by atoms with Gasteiger partial charge in [0.15, 0.2) is 5.82 Å². The van der Waals surface area contributed by atoms with E-state index in [1.165, 1.54) is 18.9 Å². The fraction of sp³-hybridized carbons (Fsp3) is 0.375. The molecule has 1 aliphatic carbocycles. The molecule has 230 valence electrons. The molecule has 0 spiro atoms. The predicted molar refractivity (Wildman–Crippen MR) is 171 cm³/mol. The first-order valence-corrected chi connectivity index (χ1v) is 16.7. The van der Waals surface area contributed by atoms with Gasteiger partial charge in [-0.25, -0.2) is 0 Å². The summed E-state index contributed by atoms with van der Waals surface area (Å²) in [5.74, 6) is 4.65. The van der Waals surface area contributed by atoms with Gasteiger partial charge in [-0.3, -0.25) is 4.90 Å². The van der Waals surface area contributed by atoms with E-state index in [0.717, 1.165) is 93.9 Å². The second kappa shape index (κ2) is 12.3. The highest BCUT2D eigenvalue weighted by Gasteiger charge is 2.31. The SMILES string of the molecule is FC(F)(F)c1cccc(Nc2nncc3c2c2cc(OCCSCc4ccc(CN5CCCC5)o4)c(Br)cc2n3C2CC2)c1. The average Bonchev–Trinajstić information content (AvgIpc) is 3.36. The maximum atomic E-state index is 13.4. The number of aromatic nitrogens is 3. The minimum atomic E-state index is -4.44. The van der Waals surface area contributed by atoms with Gasteiger partial charge in [0.2, 0.25) is 0 Å². The van der Waals surface area contributed by atoms with Crippen LogP contribution in [0.3, 0.4) is 0 Å². The lowest BCUT2D eigenvalue weighted by Gasteiger charge is -2.11. The van der Waals surface area contributed by atoms with Gasteiger partial charge in [-0.05, 0) is 97.2 Å². The van der Waals surface area contributed by atoms with Gasteiger partial charge >= 0.3 is 6.18 Å². The van der Waals surface area contributed by atoms with Crippen LogP contribution in [-0.4, -0.2) is 45.1 Å². The number of nitrogens with one attached hydrogen (secondary N) is 1. The molecule has 2 aromatic carbocycles. The molecule has 1 saturated heterocycles. The number of furan rings is 1. The Morgan fingerprint density at radius 1 is 1.05 bits per heavy atom. The maximum Gasteiger partial charge on any atom is 0.416 e. The lowest BCUT2D eigenvalue weighted by atomic mass is 10.1. The third kappa shape index (κ3) is 6.29. The highest BCUT2D eigenvalue weighted by molar-refractivity contribution is 9.10. The fourth-order valence-corrected chi connectivity index (χ4v) is 7.01. The van der Waals surface area contributed by atoms with Crippen LogP contribution >= 0.6 is 27.7 Å². The van der Waals surface area contributed by atoms with Gasteiger partial charge in [-0.15, -0.1) is 5.10 Å². The predicted octanol–water partition coefficient (Wildman–Crippen LogP) is 8.95. The van der Waals surface area contributed by atoms with Crippen molar-refractivity contribution in [1.29, 1.82) is 0 Å². The zero-order chi connectivity index (χ0) is 30.3. The summed E-state index contributed by atoms with van der Waals surface area (Å²) in [6.07, 6.45) is 1.92. The molecule has 44 heavy (non-hydrogen) atoms. The number of halogens is 4. The van der Waals surface area contributed by atoms with Gasteiger partial charge in [0.1, 0.15) is 17.3 Å². The van der Waals surface area contributed by atoms with Crippen molar-refractivity contribution in [3.8, 4) is 5.75 Å². The van der Waals surface area contributed by atoms with Crippen molar-refractivity contribution in [3.05, 3.63) is 76.3 Å². The smallest absolute Gasteiger partial charge is 0.416 e. The van der Waals surface area contributed by atoms with Gasteiger partial charge in [0.25, 0.3) is 0 Å². The Morgan fingerprint density at radius 2 is 1.86 bits per heavy atom. The van der Waals surface area contributed by atoms with Gasteiger partial charge in [-0.1, -0.05) is 6.07 Å². The van der Waals surface area contributed by atoms with Crippen LogP contribution in [0.1, 0.15) is 48.8 Å². The molecule has 0 unspecified atom stereocenters. The number of rotatable bonds is 11. The highest BCUT2D eigenvalue weighted by Crippen LogP contribution is 2.46. The van der Waals surface area contributed by atoms with E-state index in [1.54, 1.807) is 24.0 Å². The molecule has 0 amide bonds. The molecular formula is C32H31BrF3N5O2S. The second-order valence-electron chi connectivity index (χ2n) is 11.3. The highest BCUT2D eigenvalue weighted by atomic mass is 79.9. The van der Waals surface area contributed by atoms with Crippen LogP contribution in [0.15, 0.2) is 63.6 Å². The van der Waals surface area contributed by atoms with Crippen LogP contribution < -0.4 is 10.1 Å².